The van der Waals surface area contributed by atoms with E-state index in [-0.39, 0.29) is 24.6 Å². The van der Waals surface area contributed by atoms with Gasteiger partial charge in [0.05, 0.1) is 24.9 Å². The minimum absolute atomic E-state index is 0.0828. The van der Waals surface area contributed by atoms with E-state index in [1.54, 1.807) is 0 Å². The number of aliphatic hydroxyl groups is 1. The Labute approximate surface area is 112 Å². The third kappa shape index (κ3) is 3.53. The van der Waals surface area contributed by atoms with Crippen LogP contribution in [0, 0.1) is 0 Å². The fourth-order valence-corrected chi connectivity index (χ4v) is 3.12. The molecule has 1 aromatic rings. The zero-order chi connectivity index (χ0) is 13.9. The van der Waals surface area contributed by atoms with Crippen molar-refractivity contribution in [2.75, 3.05) is 19.8 Å². The Kier molecular flexibility index (Phi) is 4.24. The first-order valence-corrected chi connectivity index (χ1v) is 7.70. The van der Waals surface area contributed by atoms with Gasteiger partial charge >= 0.3 is 0 Å². The van der Waals surface area contributed by atoms with Crippen LogP contribution in [-0.4, -0.2) is 48.7 Å². The summed E-state index contributed by atoms with van der Waals surface area (Å²) in [6.07, 6.45) is 4.47. The van der Waals surface area contributed by atoms with E-state index >= 15 is 0 Å². The average Bonchev–Trinajstić information content (AvgIpc) is 2.98. The van der Waals surface area contributed by atoms with Crippen LogP contribution in [0.15, 0.2) is 17.3 Å². The number of aromatic nitrogens is 2. The SMILES string of the molecule is CC1(CNS(=O)(=O)c2cnn(CCO)c2)CCCO1. The highest BCUT2D eigenvalue weighted by molar-refractivity contribution is 7.89. The third-order valence-electron chi connectivity index (χ3n) is 3.19. The van der Waals surface area contributed by atoms with Gasteiger partial charge < -0.3 is 9.84 Å². The summed E-state index contributed by atoms with van der Waals surface area (Å²) in [6.45, 7) is 3.02. The molecule has 2 rings (SSSR count). The van der Waals surface area contributed by atoms with Gasteiger partial charge in [-0.2, -0.15) is 5.10 Å². The first-order chi connectivity index (χ1) is 8.95. The molecule has 1 atom stereocenters. The van der Waals surface area contributed by atoms with Crippen LogP contribution in [0.2, 0.25) is 0 Å². The summed E-state index contributed by atoms with van der Waals surface area (Å²) in [5.41, 5.74) is -0.422. The minimum atomic E-state index is -3.58. The highest BCUT2D eigenvalue weighted by Gasteiger charge is 2.31. The van der Waals surface area contributed by atoms with Crippen molar-refractivity contribution >= 4 is 10.0 Å². The Balaban J connectivity index is 2.01. The number of hydrogen-bond acceptors (Lipinski definition) is 5. The average molecular weight is 289 g/mol. The molecule has 1 aliphatic heterocycles. The van der Waals surface area contributed by atoms with E-state index < -0.39 is 15.6 Å². The molecule has 0 amide bonds. The second kappa shape index (κ2) is 5.58. The number of nitrogens with zero attached hydrogens (tertiary/aromatic N) is 2. The van der Waals surface area contributed by atoms with E-state index in [9.17, 15) is 8.42 Å². The van der Waals surface area contributed by atoms with E-state index in [0.29, 0.717) is 6.61 Å². The van der Waals surface area contributed by atoms with Crippen molar-refractivity contribution < 1.29 is 18.3 Å². The molecule has 0 bridgehead atoms. The van der Waals surface area contributed by atoms with Gasteiger partial charge in [0.25, 0.3) is 0 Å². The summed E-state index contributed by atoms with van der Waals surface area (Å²) in [4.78, 5) is 0.0996. The third-order valence-corrected chi connectivity index (χ3v) is 4.54. The summed E-state index contributed by atoms with van der Waals surface area (Å²) in [5, 5.41) is 12.6. The zero-order valence-corrected chi connectivity index (χ0v) is 11.7. The van der Waals surface area contributed by atoms with Crippen molar-refractivity contribution in [3.63, 3.8) is 0 Å². The van der Waals surface area contributed by atoms with Crippen molar-refractivity contribution in [2.45, 2.75) is 36.8 Å². The van der Waals surface area contributed by atoms with Crippen molar-refractivity contribution in [3.8, 4) is 0 Å². The second-order valence-corrected chi connectivity index (χ2v) is 6.66. The van der Waals surface area contributed by atoms with E-state index in [1.165, 1.54) is 17.1 Å². The smallest absolute Gasteiger partial charge is 0.243 e. The normalized spacial score (nSPS) is 23.9. The van der Waals surface area contributed by atoms with Crippen LogP contribution >= 0.6 is 0 Å². The minimum Gasteiger partial charge on any atom is -0.394 e. The lowest BCUT2D eigenvalue weighted by Gasteiger charge is -2.22. The van der Waals surface area contributed by atoms with Crippen LogP contribution in [0.5, 0.6) is 0 Å². The molecule has 7 nitrogen and oxygen atoms in total. The summed E-state index contributed by atoms with van der Waals surface area (Å²) in [7, 11) is -3.58. The number of rotatable bonds is 6. The van der Waals surface area contributed by atoms with Crippen LogP contribution in [0.3, 0.4) is 0 Å². The number of aliphatic hydroxyl groups excluding tert-OH is 1. The van der Waals surface area contributed by atoms with Crippen LogP contribution in [-0.2, 0) is 21.3 Å². The summed E-state index contributed by atoms with van der Waals surface area (Å²) >= 11 is 0. The van der Waals surface area contributed by atoms with Gasteiger partial charge in [-0.1, -0.05) is 0 Å². The highest BCUT2D eigenvalue weighted by atomic mass is 32.2. The molecule has 0 aromatic carbocycles. The molecule has 0 saturated carbocycles. The van der Waals surface area contributed by atoms with Crippen molar-refractivity contribution in [2.24, 2.45) is 0 Å². The predicted molar refractivity (Wildman–Crippen MR) is 68.1 cm³/mol. The maximum Gasteiger partial charge on any atom is 0.243 e. The largest absolute Gasteiger partial charge is 0.394 e. The Morgan fingerprint density at radius 3 is 3.05 bits per heavy atom. The first-order valence-electron chi connectivity index (χ1n) is 6.22. The van der Waals surface area contributed by atoms with Crippen molar-refractivity contribution in [1.82, 2.24) is 14.5 Å². The Hall–Kier alpha value is -0.960. The number of hydrogen-bond donors (Lipinski definition) is 2. The fourth-order valence-electron chi connectivity index (χ4n) is 2.02. The Morgan fingerprint density at radius 1 is 1.63 bits per heavy atom. The number of ether oxygens (including phenoxy) is 1. The van der Waals surface area contributed by atoms with Crippen LogP contribution in [0.4, 0.5) is 0 Å². The molecule has 1 saturated heterocycles. The zero-order valence-electron chi connectivity index (χ0n) is 10.9. The lowest BCUT2D eigenvalue weighted by atomic mass is 10.0. The maximum atomic E-state index is 12.1. The Morgan fingerprint density at radius 2 is 2.42 bits per heavy atom. The van der Waals surface area contributed by atoms with Gasteiger partial charge in [-0.15, -0.1) is 0 Å². The molecule has 8 heteroatoms. The van der Waals surface area contributed by atoms with E-state index in [1.807, 2.05) is 6.92 Å². The quantitative estimate of drug-likeness (QED) is 0.751. The Bertz CT molecular complexity index is 520. The standard InChI is InChI=1S/C11H19N3O4S/c1-11(3-2-6-18-11)9-13-19(16,17)10-7-12-14(8-10)4-5-15/h7-8,13,15H,2-6,9H2,1H3. The molecule has 2 N–H and O–H groups in total. The molecule has 108 valence electrons. The molecule has 0 aliphatic carbocycles. The van der Waals surface area contributed by atoms with Crippen LogP contribution in [0.25, 0.3) is 0 Å². The molecule has 1 aliphatic rings. The van der Waals surface area contributed by atoms with Crippen molar-refractivity contribution in [3.05, 3.63) is 12.4 Å². The van der Waals surface area contributed by atoms with Gasteiger partial charge in [0.1, 0.15) is 4.90 Å². The van der Waals surface area contributed by atoms with Crippen LogP contribution < -0.4 is 4.72 Å². The molecule has 1 unspecified atom stereocenters. The molecule has 1 fully saturated rings. The highest BCUT2D eigenvalue weighted by Crippen LogP contribution is 2.24. The fraction of sp³-hybridized carbons (Fsp3) is 0.727. The van der Waals surface area contributed by atoms with Crippen molar-refractivity contribution in [1.29, 1.82) is 0 Å². The van der Waals surface area contributed by atoms with Gasteiger partial charge in [-0.25, -0.2) is 13.1 Å². The van der Waals surface area contributed by atoms with Gasteiger partial charge in [0, 0.05) is 19.3 Å². The van der Waals surface area contributed by atoms with Gasteiger partial charge in [-0.05, 0) is 19.8 Å². The maximum absolute atomic E-state index is 12.1. The summed E-state index contributed by atoms with van der Waals surface area (Å²) in [5.74, 6) is 0. The summed E-state index contributed by atoms with van der Waals surface area (Å²) in [6, 6.07) is 0. The molecule has 2 heterocycles. The molecule has 1 aromatic heterocycles. The molecular formula is C11H19N3O4S. The summed E-state index contributed by atoms with van der Waals surface area (Å²) < 4.78 is 33.6. The van der Waals surface area contributed by atoms with Gasteiger partial charge in [0.2, 0.25) is 10.0 Å². The molecular weight excluding hydrogens is 270 g/mol. The van der Waals surface area contributed by atoms with Gasteiger partial charge in [-0.3, -0.25) is 4.68 Å². The molecule has 19 heavy (non-hydrogen) atoms. The lowest BCUT2D eigenvalue weighted by molar-refractivity contribution is 0.0250. The number of nitrogens with one attached hydrogen (secondary N) is 1. The van der Waals surface area contributed by atoms with E-state index in [2.05, 4.69) is 9.82 Å². The monoisotopic (exact) mass is 289 g/mol. The van der Waals surface area contributed by atoms with Gasteiger partial charge in [0.15, 0.2) is 0 Å². The number of sulfonamides is 1. The van der Waals surface area contributed by atoms with E-state index in [4.69, 9.17) is 9.84 Å². The molecule has 0 radical (unpaired) electrons. The second-order valence-electron chi connectivity index (χ2n) is 4.89. The van der Waals surface area contributed by atoms with Crippen LogP contribution in [0.1, 0.15) is 19.8 Å². The lowest BCUT2D eigenvalue weighted by Crippen LogP contribution is -2.39. The molecule has 0 spiro atoms. The first kappa shape index (κ1) is 14.4. The predicted octanol–water partition coefficient (Wildman–Crippen LogP) is -0.277. The topological polar surface area (TPSA) is 93.5 Å². The van der Waals surface area contributed by atoms with E-state index in [0.717, 1.165) is 12.8 Å².